The van der Waals surface area contributed by atoms with E-state index >= 15 is 0 Å². The standard InChI is InChI=1S/C23H25BrN2OS/c1-16-7-5-6-10-20(16)26-22(27)21(15-17-11-13-18(24)14-12-17)28-23(26)25-19-8-3-2-4-9-19/h2-4,8-9,11-16,20,23,25H,5-7,10H2,1H3/b21-15-/t16-,20-,23?/m0/s1. The summed E-state index contributed by atoms with van der Waals surface area (Å²) >= 11 is 5.10. The maximum atomic E-state index is 13.4. The Bertz CT molecular complexity index is 853. The topological polar surface area (TPSA) is 32.3 Å². The van der Waals surface area contributed by atoms with Gasteiger partial charge in [-0.15, -0.1) is 0 Å². The molecule has 0 bridgehead atoms. The Morgan fingerprint density at radius 2 is 1.79 bits per heavy atom. The molecular formula is C23H25BrN2OS. The Balaban J connectivity index is 1.63. The largest absolute Gasteiger partial charge is 0.356 e. The van der Waals surface area contributed by atoms with Crippen LogP contribution in [0.15, 0.2) is 64.0 Å². The minimum absolute atomic E-state index is 0.0675. The van der Waals surface area contributed by atoms with Crippen molar-refractivity contribution in [2.75, 3.05) is 5.32 Å². The summed E-state index contributed by atoms with van der Waals surface area (Å²) in [6, 6.07) is 18.6. The second-order valence-corrected chi connectivity index (χ2v) is 9.62. The van der Waals surface area contributed by atoms with Gasteiger partial charge >= 0.3 is 0 Å². The average Bonchev–Trinajstić information content (AvgIpc) is 3.00. The van der Waals surface area contributed by atoms with E-state index in [1.54, 1.807) is 11.8 Å². The fourth-order valence-electron chi connectivity index (χ4n) is 4.08. The van der Waals surface area contributed by atoms with E-state index in [1.807, 2.05) is 48.5 Å². The van der Waals surface area contributed by atoms with Crippen LogP contribution in [0.1, 0.15) is 38.2 Å². The van der Waals surface area contributed by atoms with Crippen molar-refractivity contribution in [1.29, 1.82) is 0 Å². The summed E-state index contributed by atoms with van der Waals surface area (Å²) in [5.41, 5.74) is 2.03. The average molecular weight is 457 g/mol. The van der Waals surface area contributed by atoms with Gasteiger partial charge < -0.3 is 10.2 Å². The number of anilines is 1. The number of thioether (sulfide) groups is 1. The first-order valence-electron chi connectivity index (χ1n) is 9.90. The lowest BCUT2D eigenvalue weighted by atomic mass is 9.85. The summed E-state index contributed by atoms with van der Waals surface area (Å²) in [5.74, 6) is 0.686. The highest BCUT2D eigenvalue weighted by atomic mass is 79.9. The van der Waals surface area contributed by atoms with E-state index in [1.165, 1.54) is 19.3 Å². The van der Waals surface area contributed by atoms with E-state index in [4.69, 9.17) is 0 Å². The van der Waals surface area contributed by atoms with Gasteiger partial charge in [-0.3, -0.25) is 4.79 Å². The zero-order valence-electron chi connectivity index (χ0n) is 16.0. The molecule has 0 aromatic heterocycles. The van der Waals surface area contributed by atoms with Crippen LogP contribution in [0.3, 0.4) is 0 Å². The van der Waals surface area contributed by atoms with Gasteiger partial charge in [-0.05, 0) is 54.7 Å². The quantitative estimate of drug-likeness (QED) is 0.544. The van der Waals surface area contributed by atoms with Gasteiger partial charge in [-0.25, -0.2) is 0 Å². The van der Waals surface area contributed by atoms with Crippen LogP contribution in [0.2, 0.25) is 0 Å². The number of para-hydroxylation sites is 1. The number of hydrogen-bond donors (Lipinski definition) is 1. The number of nitrogens with zero attached hydrogens (tertiary/aromatic N) is 1. The molecule has 1 amide bonds. The predicted molar refractivity (Wildman–Crippen MR) is 122 cm³/mol. The summed E-state index contributed by atoms with van der Waals surface area (Å²) in [6.45, 7) is 2.29. The zero-order chi connectivity index (χ0) is 19.5. The molecule has 28 heavy (non-hydrogen) atoms. The van der Waals surface area contributed by atoms with E-state index in [2.05, 4.69) is 45.2 Å². The lowest BCUT2D eigenvalue weighted by molar-refractivity contribution is -0.129. The van der Waals surface area contributed by atoms with Crippen molar-refractivity contribution >= 4 is 45.4 Å². The highest BCUT2D eigenvalue weighted by Gasteiger charge is 2.42. The van der Waals surface area contributed by atoms with Crippen LogP contribution in [0.25, 0.3) is 6.08 Å². The maximum absolute atomic E-state index is 13.4. The number of carbonyl (C=O) groups is 1. The maximum Gasteiger partial charge on any atom is 0.262 e. The van der Waals surface area contributed by atoms with Gasteiger partial charge in [0.25, 0.3) is 5.91 Å². The van der Waals surface area contributed by atoms with Crippen LogP contribution in [0.4, 0.5) is 5.69 Å². The van der Waals surface area contributed by atoms with Crippen molar-refractivity contribution in [2.24, 2.45) is 5.92 Å². The molecule has 2 aromatic carbocycles. The normalized spacial score (nSPS) is 26.6. The molecule has 3 nitrogen and oxygen atoms in total. The fraction of sp³-hybridized carbons (Fsp3) is 0.348. The molecule has 1 saturated carbocycles. The monoisotopic (exact) mass is 456 g/mol. The van der Waals surface area contributed by atoms with Crippen LogP contribution in [-0.4, -0.2) is 22.3 Å². The SMILES string of the molecule is C[C@H]1CCCC[C@@H]1N1C(=O)/C(=C/c2ccc(Br)cc2)SC1Nc1ccccc1. The third-order valence-electron chi connectivity index (χ3n) is 5.59. The molecule has 1 aliphatic carbocycles. The number of rotatable bonds is 4. The first-order chi connectivity index (χ1) is 13.6. The Hall–Kier alpha value is -1.72. The Labute approximate surface area is 179 Å². The Morgan fingerprint density at radius 1 is 1.07 bits per heavy atom. The van der Waals surface area contributed by atoms with Gasteiger partial charge in [0.15, 0.2) is 5.50 Å². The van der Waals surface area contributed by atoms with Crippen LogP contribution in [0, 0.1) is 5.92 Å². The first kappa shape index (κ1) is 19.6. The van der Waals surface area contributed by atoms with E-state index < -0.39 is 0 Å². The van der Waals surface area contributed by atoms with Gasteiger partial charge in [0.1, 0.15) is 0 Å². The first-order valence-corrected chi connectivity index (χ1v) is 11.6. The summed E-state index contributed by atoms with van der Waals surface area (Å²) in [4.78, 5) is 16.3. The van der Waals surface area contributed by atoms with Crippen molar-refractivity contribution in [3.05, 3.63) is 69.5 Å². The molecule has 1 aliphatic heterocycles. The molecule has 4 rings (SSSR count). The van der Waals surface area contributed by atoms with Gasteiger partial charge in [-0.1, -0.05) is 77.8 Å². The van der Waals surface area contributed by atoms with Gasteiger partial charge in [0, 0.05) is 16.2 Å². The lowest BCUT2D eigenvalue weighted by Gasteiger charge is -2.39. The van der Waals surface area contributed by atoms with E-state index in [0.29, 0.717) is 12.0 Å². The minimum Gasteiger partial charge on any atom is -0.356 e. The Morgan fingerprint density at radius 3 is 2.50 bits per heavy atom. The number of amides is 1. The number of halogens is 1. The minimum atomic E-state index is -0.0675. The van der Waals surface area contributed by atoms with Crippen molar-refractivity contribution < 1.29 is 4.79 Å². The molecule has 3 atom stereocenters. The molecule has 2 fully saturated rings. The third kappa shape index (κ3) is 4.31. The van der Waals surface area contributed by atoms with Crippen molar-refractivity contribution in [3.63, 3.8) is 0 Å². The molecule has 2 aromatic rings. The molecule has 1 unspecified atom stereocenters. The fourth-order valence-corrected chi connectivity index (χ4v) is 5.55. The molecule has 1 N–H and O–H groups in total. The number of carbonyl (C=O) groups excluding carboxylic acids is 1. The second-order valence-electron chi connectivity index (χ2n) is 7.58. The molecule has 2 aliphatic rings. The van der Waals surface area contributed by atoms with Crippen LogP contribution >= 0.6 is 27.7 Å². The lowest BCUT2D eigenvalue weighted by Crippen LogP contribution is -2.48. The van der Waals surface area contributed by atoms with Crippen molar-refractivity contribution in [2.45, 2.75) is 44.1 Å². The summed E-state index contributed by atoms with van der Waals surface area (Å²) in [7, 11) is 0. The highest BCUT2D eigenvalue weighted by Crippen LogP contribution is 2.42. The molecule has 1 heterocycles. The third-order valence-corrected chi connectivity index (χ3v) is 7.24. The van der Waals surface area contributed by atoms with E-state index in [0.717, 1.165) is 27.0 Å². The molecule has 0 radical (unpaired) electrons. The van der Waals surface area contributed by atoms with Gasteiger partial charge in [0.05, 0.1) is 4.91 Å². The van der Waals surface area contributed by atoms with Crippen molar-refractivity contribution in [1.82, 2.24) is 4.90 Å². The summed E-state index contributed by atoms with van der Waals surface area (Å²) in [6.07, 6.45) is 6.78. The number of nitrogens with one attached hydrogen (secondary N) is 1. The van der Waals surface area contributed by atoms with Crippen LogP contribution in [0.5, 0.6) is 0 Å². The number of benzene rings is 2. The van der Waals surface area contributed by atoms with Gasteiger partial charge in [0.2, 0.25) is 0 Å². The van der Waals surface area contributed by atoms with Crippen molar-refractivity contribution in [3.8, 4) is 0 Å². The second kappa shape index (κ2) is 8.75. The zero-order valence-corrected chi connectivity index (χ0v) is 18.4. The summed E-state index contributed by atoms with van der Waals surface area (Å²) < 4.78 is 1.04. The van der Waals surface area contributed by atoms with E-state index in [9.17, 15) is 4.79 Å². The smallest absolute Gasteiger partial charge is 0.262 e. The molecule has 5 heteroatoms. The van der Waals surface area contributed by atoms with E-state index in [-0.39, 0.29) is 11.4 Å². The highest BCUT2D eigenvalue weighted by molar-refractivity contribution is 9.10. The molecule has 0 spiro atoms. The number of hydrogen-bond acceptors (Lipinski definition) is 3. The predicted octanol–water partition coefficient (Wildman–Crippen LogP) is 6.34. The van der Waals surface area contributed by atoms with Crippen LogP contribution in [-0.2, 0) is 4.79 Å². The molecular weight excluding hydrogens is 432 g/mol. The molecule has 1 saturated heterocycles. The Kier molecular flexibility index (Phi) is 6.12. The van der Waals surface area contributed by atoms with Gasteiger partial charge in [-0.2, -0.15) is 0 Å². The summed E-state index contributed by atoms with van der Waals surface area (Å²) in [5, 5.41) is 3.58. The molecule has 146 valence electrons. The van der Waals surface area contributed by atoms with Crippen LogP contribution < -0.4 is 5.32 Å².